The largest absolute Gasteiger partial charge is 0.348 e. The van der Waals surface area contributed by atoms with Crippen LogP contribution in [0.15, 0.2) is 102 Å². The number of benzene rings is 4. The fraction of sp³-hybridized carbons (Fsp3) is 0.152. The fourth-order valence-electron chi connectivity index (χ4n) is 6.72. The van der Waals surface area contributed by atoms with Gasteiger partial charge < -0.3 is 4.74 Å². The molecule has 1 fully saturated rings. The molecule has 2 atom stereocenters. The van der Waals surface area contributed by atoms with Gasteiger partial charge in [-0.25, -0.2) is 0 Å². The maximum atomic E-state index is 14.6. The summed E-state index contributed by atoms with van der Waals surface area (Å²) in [6, 6.07) is 27.7. The van der Waals surface area contributed by atoms with Gasteiger partial charge in [0.1, 0.15) is 11.5 Å². The predicted octanol–water partition coefficient (Wildman–Crippen LogP) is 6.50. The van der Waals surface area contributed by atoms with Crippen LogP contribution in [0.5, 0.6) is 0 Å². The summed E-state index contributed by atoms with van der Waals surface area (Å²) in [7, 11) is 0. The lowest BCUT2D eigenvalue weighted by Gasteiger charge is -2.34. The Morgan fingerprint density at radius 2 is 1.03 bits per heavy atom. The predicted molar refractivity (Wildman–Crippen MR) is 147 cm³/mol. The molecule has 5 nitrogen and oxygen atoms in total. The summed E-state index contributed by atoms with van der Waals surface area (Å²) in [5, 5.41) is 0. The molecule has 0 radical (unpaired) electrons. The first-order valence-corrected chi connectivity index (χ1v) is 13.5. The Labute approximate surface area is 232 Å². The van der Waals surface area contributed by atoms with Crippen molar-refractivity contribution in [2.24, 2.45) is 5.41 Å². The Balaban J connectivity index is 1.59. The van der Waals surface area contributed by atoms with Gasteiger partial charge in [-0.2, -0.15) is 0 Å². The van der Waals surface area contributed by atoms with Gasteiger partial charge >= 0.3 is 0 Å². The van der Waals surface area contributed by atoms with E-state index in [2.05, 4.69) is 15.9 Å². The van der Waals surface area contributed by atoms with Crippen molar-refractivity contribution in [3.05, 3.63) is 140 Å². The van der Waals surface area contributed by atoms with E-state index in [-0.39, 0.29) is 22.3 Å². The maximum absolute atomic E-state index is 14.6. The maximum Gasteiger partial charge on any atom is 0.204 e. The molecule has 39 heavy (non-hydrogen) atoms. The standard InChI is InChI=1S/C33H21BrO5/c1-18-10-12-20(13-11-18)31-32(27(35)22-6-2-3-7-23(22)28(32)36)26(19-14-16-21(34)17-15-19)33(39-31)29(37)24-8-4-5-9-25(24)30(33)38/h2-17,26,31H,1H3/t26-,31-/m0/s1. The molecular weight excluding hydrogens is 556 g/mol. The normalized spacial score (nSPS) is 22.1. The number of ketones is 4. The molecule has 4 aromatic rings. The smallest absolute Gasteiger partial charge is 0.204 e. The minimum atomic E-state index is -2.08. The van der Waals surface area contributed by atoms with E-state index in [1.807, 2.05) is 19.1 Å². The van der Waals surface area contributed by atoms with Crippen LogP contribution < -0.4 is 0 Å². The van der Waals surface area contributed by atoms with Gasteiger partial charge in [-0.1, -0.05) is 106 Å². The molecule has 2 aliphatic carbocycles. The molecule has 4 aromatic carbocycles. The molecule has 2 spiro atoms. The van der Waals surface area contributed by atoms with Crippen LogP contribution in [0.2, 0.25) is 0 Å². The van der Waals surface area contributed by atoms with Crippen LogP contribution in [0.4, 0.5) is 0 Å². The molecular formula is C33H21BrO5. The lowest BCUT2D eigenvalue weighted by atomic mass is 9.60. The molecule has 1 aliphatic heterocycles. The van der Waals surface area contributed by atoms with Gasteiger partial charge in [0, 0.05) is 26.7 Å². The van der Waals surface area contributed by atoms with Gasteiger partial charge in [-0.3, -0.25) is 19.2 Å². The number of fused-ring (bicyclic) bond motifs is 2. The van der Waals surface area contributed by atoms with Crippen molar-refractivity contribution in [1.29, 1.82) is 0 Å². The van der Waals surface area contributed by atoms with Crippen molar-refractivity contribution in [1.82, 2.24) is 0 Å². The first kappa shape index (κ1) is 24.1. The van der Waals surface area contributed by atoms with E-state index in [0.29, 0.717) is 11.1 Å². The third-order valence-corrected chi connectivity index (χ3v) is 8.95. The molecule has 0 bridgehead atoms. The summed E-state index contributed by atoms with van der Waals surface area (Å²) < 4.78 is 7.48. The van der Waals surface area contributed by atoms with E-state index in [4.69, 9.17) is 4.74 Å². The Hall–Kier alpha value is -4.00. The molecule has 190 valence electrons. The number of aryl methyl sites for hydroxylation is 1. The van der Waals surface area contributed by atoms with E-state index in [9.17, 15) is 19.2 Å². The van der Waals surface area contributed by atoms with E-state index in [0.717, 1.165) is 10.0 Å². The molecule has 0 saturated carbocycles. The molecule has 7 rings (SSSR count). The van der Waals surface area contributed by atoms with Crippen LogP contribution in [0.25, 0.3) is 0 Å². The third kappa shape index (κ3) is 2.93. The first-order chi connectivity index (χ1) is 18.8. The van der Waals surface area contributed by atoms with E-state index in [1.54, 1.807) is 84.9 Å². The zero-order chi connectivity index (χ0) is 27.1. The van der Waals surface area contributed by atoms with Gasteiger partial charge in [0.25, 0.3) is 0 Å². The quantitative estimate of drug-likeness (QED) is 0.255. The highest BCUT2D eigenvalue weighted by Crippen LogP contribution is 2.67. The number of hydrogen-bond acceptors (Lipinski definition) is 5. The monoisotopic (exact) mass is 576 g/mol. The Kier molecular flexibility index (Phi) is 5.09. The van der Waals surface area contributed by atoms with Crippen LogP contribution in [0, 0.1) is 12.3 Å². The Morgan fingerprint density at radius 3 is 1.51 bits per heavy atom. The second-order valence-electron chi connectivity index (χ2n) is 10.4. The SMILES string of the molecule is Cc1ccc([C@@H]2OC3(C(=O)c4ccccc4C3=O)[C@@H](c3ccc(Br)cc3)C23C(=O)c2ccccc2C3=O)cc1. The van der Waals surface area contributed by atoms with Crippen LogP contribution in [0.3, 0.4) is 0 Å². The molecule has 1 saturated heterocycles. The van der Waals surface area contributed by atoms with Gasteiger partial charge in [-0.15, -0.1) is 0 Å². The van der Waals surface area contributed by atoms with Crippen LogP contribution >= 0.6 is 15.9 Å². The van der Waals surface area contributed by atoms with Crippen molar-refractivity contribution in [3.8, 4) is 0 Å². The topological polar surface area (TPSA) is 77.5 Å². The highest BCUT2D eigenvalue weighted by molar-refractivity contribution is 9.10. The Bertz CT molecular complexity index is 1660. The highest BCUT2D eigenvalue weighted by atomic mass is 79.9. The number of halogens is 1. The first-order valence-electron chi connectivity index (χ1n) is 12.7. The molecule has 0 N–H and O–H groups in total. The molecule has 3 aliphatic rings. The second-order valence-corrected chi connectivity index (χ2v) is 11.3. The van der Waals surface area contributed by atoms with Gasteiger partial charge in [0.15, 0.2) is 11.6 Å². The number of Topliss-reactive ketones (excluding diaryl/α,β-unsaturated/α-hetero) is 4. The fourth-order valence-corrected chi connectivity index (χ4v) is 6.99. The summed E-state index contributed by atoms with van der Waals surface area (Å²) >= 11 is 3.45. The number of ether oxygens (including phenoxy) is 1. The van der Waals surface area contributed by atoms with Crippen LogP contribution in [0.1, 0.15) is 70.1 Å². The van der Waals surface area contributed by atoms with Crippen molar-refractivity contribution in [3.63, 3.8) is 0 Å². The molecule has 1 heterocycles. The second kappa shape index (κ2) is 8.25. The summed E-state index contributed by atoms with van der Waals surface area (Å²) in [5.41, 5.74) is -0.865. The number of carbonyl (C=O) groups excluding carboxylic acids is 4. The molecule has 0 unspecified atom stereocenters. The number of hydrogen-bond donors (Lipinski definition) is 0. The average molecular weight is 577 g/mol. The lowest BCUT2D eigenvalue weighted by Crippen LogP contribution is -2.51. The van der Waals surface area contributed by atoms with Gasteiger partial charge in [0.05, 0.1) is 5.92 Å². The van der Waals surface area contributed by atoms with Crippen molar-refractivity contribution in [2.45, 2.75) is 24.5 Å². The van der Waals surface area contributed by atoms with Crippen LogP contribution in [-0.4, -0.2) is 28.7 Å². The Morgan fingerprint density at radius 1 is 0.590 bits per heavy atom. The molecule has 6 heteroatoms. The summed E-state index contributed by atoms with van der Waals surface area (Å²) in [6.45, 7) is 1.93. The number of carbonyl (C=O) groups is 4. The highest BCUT2D eigenvalue weighted by Gasteiger charge is 2.79. The lowest BCUT2D eigenvalue weighted by molar-refractivity contribution is -0.0210. The van der Waals surface area contributed by atoms with Crippen molar-refractivity contribution < 1.29 is 23.9 Å². The van der Waals surface area contributed by atoms with E-state index in [1.165, 1.54) is 0 Å². The van der Waals surface area contributed by atoms with Gasteiger partial charge in [0.2, 0.25) is 17.2 Å². The zero-order valence-electron chi connectivity index (χ0n) is 20.8. The summed E-state index contributed by atoms with van der Waals surface area (Å²) in [4.78, 5) is 58.0. The minimum absolute atomic E-state index is 0.236. The zero-order valence-corrected chi connectivity index (χ0v) is 22.4. The average Bonchev–Trinajstić information content (AvgIpc) is 3.48. The van der Waals surface area contributed by atoms with Crippen molar-refractivity contribution >= 4 is 39.1 Å². The van der Waals surface area contributed by atoms with E-state index >= 15 is 0 Å². The summed E-state index contributed by atoms with van der Waals surface area (Å²) in [5.74, 6) is -3.11. The number of rotatable bonds is 2. The minimum Gasteiger partial charge on any atom is -0.348 e. The van der Waals surface area contributed by atoms with Gasteiger partial charge in [-0.05, 0) is 30.2 Å². The third-order valence-electron chi connectivity index (χ3n) is 8.42. The van der Waals surface area contributed by atoms with Crippen LogP contribution in [-0.2, 0) is 4.74 Å². The van der Waals surface area contributed by atoms with E-state index < -0.39 is 46.2 Å². The molecule has 0 amide bonds. The summed E-state index contributed by atoms with van der Waals surface area (Å²) in [6.07, 6.45) is -1.17. The molecule has 0 aromatic heterocycles. The van der Waals surface area contributed by atoms with Crippen molar-refractivity contribution in [2.75, 3.05) is 0 Å².